The molecule has 1 aliphatic rings. The zero-order chi connectivity index (χ0) is 13.2. The zero-order valence-corrected chi connectivity index (χ0v) is 10.6. The molecular weight excluding hydrogens is 240 g/mol. The maximum Gasteiger partial charge on any atom is 0.271 e. The Hall–Kier alpha value is -2.14. The fraction of sp³-hybridized carbons (Fsp3) is 0.286. The summed E-state index contributed by atoms with van der Waals surface area (Å²) in [7, 11) is 0. The maximum absolute atomic E-state index is 11.9. The SMILES string of the molecule is N[C@H]1CCN(c2ccc(=O)n(-c3ccccc3)n2)C1. The molecule has 5 heteroatoms. The van der Waals surface area contributed by atoms with Crippen LogP contribution in [0.25, 0.3) is 5.69 Å². The van der Waals surface area contributed by atoms with Gasteiger partial charge in [-0.3, -0.25) is 4.79 Å². The largest absolute Gasteiger partial charge is 0.354 e. The van der Waals surface area contributed by atoms with Crippen LogP contribution in [-0.2, 0) is 0 Å². The molecule has 1 fully saturated rings. The first-order valence-electron chi connectivity index (χ1n) is 6.40. The first-order chi connectivity index (χ1) is 9.24. The Labute approximate surface area is 111 Å². The first-order valence-corrected chi connectivity index (χ1v) is 6.40. The quantitative estimate of drug-likeness (QED) is 0.862. The third kappa shape index (κ3) is 2.37. The minimum absolute atomic E-state index is 0.126. The fourth-order valence-corrected chi connectivity index (χ4v) is 2.32. The molecule has 0 aliphatic carbocycles. The van der Waals surface area contributed by atoms with Crippen molar-refractivity contribution in [3.05, 3.63) is 52.8 Å². The number of para-hydroxylation sites is 1. The molecule has 0 spiro atoms. The Balaban J connectivity index is 1.99. The van der Waals surface area contributed by atoms with Crippen molar-refractivity contribution in [3.63, 3.8) is 0 Å². The van der Waals surface area contributed by atoms with Crippen molar-refractivity contribution in [1.29, 1.82) is 0 Å². The Morgan fingerprint density at radius 1 is 1.16 bits per heavy atom. The van der Waals surface area contributed by atoms with E-state index in [9.17, 15) is 4.79 Å². The van der Waals surface area contributed by atoms with E-state index in [1.54, 1.807) is 12.1 Å². The van der Waals surface area contributed by atoms with E-state index in [0.717, 1.165) is 31.0 Å². The van der Waals surface area contributed by atoms with Crippen molar-refractivity contribution in [1.82, 2.24) is 9.78 Å². The van der Waals surface area contributed by atoms with Gasteiger partial charge in [-0.15, -0.1) is 5.10 Å². The van der Waals surface area contributed by atoms with Gasteiger partial charge in [-0.25, -0.2) is 0 Å². The monoisotopic (exact) mass is 256 g/mol. The number of hydrogen-bond donors (Lipinski definition) is 1. The molecule has 2 N–H and O–H groups in total. The van der Waals surface area contributed by atoms with Gasteiger partial charge in [0, 0.05) is 25.2 Å². The van der Waals surface area contributed by atoms with E-state index in [1.807, 2.05) is 30.3 Å². The lowest BCUT2D eigenvalue weighted by Crippen LogP contribution is -2.29. The third-order valence-electron chi connectivity index (χ3n) is 3.34. The molecule has 2 aromatic rings. The minimum atomic E-state index is -0.126. The van der Waals surface area contributed by atoms with Gasteiger partial charge in [0.25, 0.3) is 5.56 Å². The smallest absolute Gasteiger partial charge is 0.271 e. The number of nitrogens with zero attached hydrogens (tertiary/aromatic N) is 3. The second-order valence-corrected chi connectivity index (χ2v) is 4.77. The second kappa shape index (κ2) is 4.85. The summed E-state index contributed by atoms with van der Waals surface area (Å²) in [5, 5.41) is 4.43. The van der Waals surface area contributed by atoms with Crippen molar-refractivity contribution in [2.45, 2.75) is 12.5 Å². The van der Waals surface area contributed by atoms with Crippen LogP contribution in [0.2, 0.25) is 0 Å². The fourth-order valence-electron chi connectivity index (χ4n) is 2.32. The van der Waals surface area contributed by atoms with Crippen LogP contribution in [0.3, 0.4) is 0 Å². The number of benzene rings is 1. The molecule has 1 atom stereocenters. The van der Waals surface area contributed by atoms with Gasteiger partial charge in [0.05, 0.1) is 5.69 Å². The summed E-state index contributed by atoms with van der Waals surface area (Å²) >= 11 is 0. The van der Waals surface area contributed by atoms with Crippen LogP contribution >= 0.6 is 0 Å². The number of rotatable bonds is 2. The Bertz CT molecular complexity index is 623. The van der Waals surface area contributed by atoms with Crippen LogP contribution in [0.4, 0.5) is 5.82 Å². The standard InChI is InChI=1S/C14H16N4O/c15-11-8-9-17(10-11)13-6-7-14(19)18(16-13)12-4-2-1-3-5-12/h1-7,11H,8-10,15H2/t11-/m0/s1. The van der Waals surface area contributed by atoms with Crippen molar-refractivity contribution in [2.24, 2.45) is 5.73 Å². The summed E-state index contributed by atoms with van der Waals surface area (Å²) in [6.07, 6.45) is 0.964. The molecule has 1 aliphatic heterocycles. The lowest BCUT2D eigenvalue weighted by Gasteiger charge is -2.17. The Morgan fingerprint density at radius 2 is 1.95 bits per heavy atom. The summed E-state index contributed by atoms with van der Waals surface area (Å²) in [4.78, 5) is 14.0. The normalized spacial score (nSPS) is 18.8. The van der Waals surface area contributed by atoms with E-state index in [0.29, 0.717) is 0 Å². The minimum Gasteiger partial charge on any atom is -0.354 e. The maximum atomic E-state index is 11.9. The first kappa shape index (κ1) is 11.9. The number of hydrogen-bond acceptors (Lipinski definition) is 4. The highest BCUT2D eigenvalue weighted by Gasteiger charge is 2.20. The van der Waals surface area contributed by atoms with E-state index >= 15 is 0 Å². The third-order valence-corrected chi connectivity index (χ3v) is 3.34. The van der Waals surface area contributed by atoms with Crippen LogP contribution in [0.1, 0.15) is 6.42 Å². The van der Waals surface area contributed by atoms with Gasteiger partial charge in [-0.2, -0.15) is 4.68 Å². The van der Waals surface area contributed by atoms with Gasteiger partial charge in [-0.1, -0.05) is 18.2 Å². The molecule has 1 aromatic carbocycles. The van der Waals surface area contributed by atoms with Gasteiger partial charge in [0.1, 0.15) is 5.82 Å². The van der Waals surface area contributed by atoms with Crippen molar-refractivity contribution < 1.29 is 0 Å². The molecule has 0 unspecified atom stereocenters. The second-order valence-electron chi connectivity index (χ2n) is 4.77. The number of aromatic nitrogens is 2. The van der Waals surface area contributed by atoms with Crippen molar-refractivity contribution in [2.75, 3.05) is 18.0 Å². The Kier molecular flexibility index (Phi) is 3.05. The molecule has 0 bridgehead atoms. The molecule has 2 heterocycles. The number of anilines is 1. The molecule has 3 rings (SSSR count). The van der Waals surface area contributed by atoms with Crippen molar-refractivity contribution in [3.8, 4) is 5.69 Å². The average Bonchev–Trinajstić information content (AvgIpc) is 2.87. The highest BCUT2D eigenvalue weighted by Crippen LogP contribution is 2.16. The van der Waals surface area contributed by atoms with Crippen LogP contribution in [-0.4, -0.2) is 28.9 Å². The van der Waals surface area contributed by atoms with E-state index < -0.39 is 0 Å². The van der Waals surface area contributed by atoms with Crippen LogP contribution in [0.15, 0.2) is 47.3 Å². The van der Waals surface area contributed by atoms with Gasteiger partial charge >= 0.3 is 0 Å². The molecule has 0 radical (unpaired) electrons. The molecule has 0 saturated carbocycles. The summed E-state index contributed by atoms with van der Waals surface area (Å²) in [5.74, 6) is 0.802. The molecular formula is C14H16N4O. The predicted molar refractivity (Wildman–Crippen MR) is 74.6 cm³/mol. The lowest BCUT2D eigenvalue weighted by molar-refractivity contribution is 0.745. The van der Waals surface area contributed by atoms with E-state index in [-0.39, 0.29) is 11.6 Å². The molecule has 0 amide bonds. The van der Waals surface area contributed by atoms with Gasteiger partial charge < -0.3 is 10.6 Å². The van der Waals surface area contributed by atoms with Crippen LogP contribution < -0.4 is 16.2 Å². The summed E-state index contributed by atoms with van der Waals surface area (Å²) in [6.45, 7) is 1.68. The summed E-state index contributed by atoms with van der Waals surface area (Å²) < 4.78 is 1.43. The predicted octanol–water partition coefficient (Wildman–Crippen LogP) is 0.770. The highest BCUT2D eigenvalue weighted by molar-refractivity contribution is 5.40. The van der Waals surface area contributed by atoms with Gasteiger partial charge in [-0.05, 0) is 24.6 Å². The highest BCUT2D eigenvalue weighted by atomic mass is 16.1. The number of nitrogens with two attached hydrogens (primary N) is 1. The van der Waals surface area contributed by atoms with E-state index in [1.165, 1.54) is 4.68 Å². The van der Waals surface area contributed by atoms with Crippen LogP contribution in [0.5, 0.6) is 0 Å². The summed E-state index contributed by atoms with van der Waals surface area (Å²) in [5.41, 5.74) is 6.55. The summed E-state index contributed by atoms with van der Waals surface area (Å²) in [6, 6.07) is 12.9. The average molecular weight is 256 g/mol. The van der Waals surface area contributed by atoms with Gasteiger partial charge in [0.15, 0.2) is 0 Å². The van der Waals surface area contributed by atoms with E-state index in [4.69, 9.17) is 5.73 Å². The van der Waals surface area contributed by atoms with Crippen LogP contribution in [0, 0.1) is 0 Å². The Morgan fingerprint density at radius 3 is 2.63 bits per heavy atom. The molecule has 19 heavy (non-hydrogen) atoms. The van der Waals surface area contributed by atoms with Crippen molar-refractivity contribution >= 4 is 5.82 Å². The lowest BCUT2D eigenvalue weighted by atomic mass is 10.3. The molecule has 1 saturated heterocycles. The molecule has 5 nitrogen and oxygen atoms in total. The molecule has 98 valence electrons. The van der Waals surface area contributed by atoms with Gasteiger partial charge in [0.2, 0.25) is 0 Å². The topological polar surface area (TPSA) is 64.2 Å². The zero-order valence-electron chi connectivity index (χ0n) is 10.6. The van der Waals surface area contributed by atoms with E-state index in [2.05, 4.69) is 10.00 Å². The molecule has 1 aromatic heterocycles.